The third-order valence-electron chi connectivity index (χ3n) is 2.03. The summed E-state index contributed by atoms with van der Waals surface area (Å²) in [6.07, 6.45) is 0.184. The molecule has 16 heavy (non-hydrogen) atoms. The number of hydrogen-bond acceptors (Lipinski definition) is 3. The molecular formula is C11H14ClNO3. The summed E-state index contributed by atoms with van der Waals surface area (Å²) in [6, 6.07) is 5.12. The maximum atomic E-state index is 11.4. The number of aliphatic hydroxyl groups excluding tert-OH is 1. The summed E-state index contributed by atoms with van der Waals surface area (Å²) in [7, 11) is 1.54. The predicted molar refractivity (Wildman–Crippen MR) is 61.8 cm³/mol. The molecule has 0 unspecified atom stereocenters. The lowest BCUT2D eigenvalue weighted by molar-refractivity contribution is -0.120. The summed E-state index contributed by atoms with van der Waals surface area (Å²) in [4.78, 5) is 11.4. The lowest BCUT2D eigenvalue weighted by atomic mass is 10.1. The summed E-state index contributed by atoms with van der Waals surface area (Å²) in [5.74, 6) is 0.457. The number of carbonyl (C=O) groups is 1. The fourth-order valence-corrected chi connectivity index (χ4v) is 1.51. The summed E-state index contributed by atoms with van der Waals surface area (Å²) in [5, 5.41) is 11.7. The molecule has 88 valence electrons. The van der Waals surface area contributed by atoms with Gasteiger partial charge in [0.25, 0.3) is 0 Å². The van der Waals surface area contributed by atoms with Gasteiger partial charge in [-0.3, -0.25) is 4.79 Å². The Kier molecular flexibility index (Phi) is 5.08. The maximum Gasteiger partial charge on any atom is 0.224 e. The first-order valence-electron chi connectivity index (χ1n) is 4.87. The van der Waals surface area contributed by atoms with Crippen LogP contribution in [-0.2, 0) is 11.2 Å². The largest absolute Gasteiger partial charge is 0.496 e. The molecule has 4 nitrogen and oxygen atoms in total. The van der Waals surface area contributed by atoms with Gasteiger partial charge >= 0.3 is 0 Å². The molecule has 1 rings (SSSR count). The summed E-state index contributed by atoms with van der Waals surface area (Å²) in [5.41, 5.74) is 0.727. The number of rotatable bonds is 5. The van der Waals surface area contributed by atoms with E-state index in [-0.39, 0.29) is 25.5 Å². The molecule has 0 saturated carbocycles. The Morgan fingerprint density at radius 2 is 2.31 bits per heavy atom. The van der Waals surface area contributed by atoms with Gasteiger partial charge < -0.3 is 15.2 Å². The highest BCUT2D eigenvalue weighted by Crippen LogP contribution is 2.22. The van der Waals surface area contributed by atoms with Crippen molar-refractivity contribution in [3.8, 4) is 5.75 Å². The van der Waals surface area contributed by atoms with Crippen LogP contribution in [0.5, 0.6) is 5.75 Å². The number of nitrogens with one attached hydrogen (secondary N) is 1. The second kappa shape index (κ2) is 6.35. The van der Waals surface area contributed by atoms with Crippen molar-refractivity contribution in [3.63, 3.8) is 0 Å². The monoisotopic (exact) mass is 243 g/mol. The average Bonchev–Trinajstić information content (AvgIpc) is 2.27. The van der Waals surface area contributed by atoms with Gasteiger partial charge in [-0.05, 0) is 18.2 Å². The van der Waals surface area contributed by atoms with Crippen molar-refractivity contribution in [2.24, 2.45) is 0 Å². The van der Waals surface area contributed by atoms with Gasteiger partial charge in [-0.2, -0.15) is 0 Å². The quantitative estimate of drug-likeness (QED) is 0.811. The molecule has 0 aliphatic rings. The lowest BCUT2D eigenvalue weighted by Crippen LogP contribution is -2.27. The van der Waals surface area contributed by atoms with E-state index in [2.05, 4.69) is 5.32 Å². The molecule has 1 amide bonds. The van der Waals surface area contributed by atoms with Crippen LogP contribution in [0.3, 0.4) is 0 Å². The first-order chi connectivity index (χ1) is 7.67. The highest BCUT2D eigenvalue weighted by atomic mass is 35.5. The minimum absolute atomic E-state index is 0.0710. The minimum atomic E-state index is -0.172. The first kappa shape index (κ1) is 12.8. The molecule has 1 aromatic carbocycles. The van der Waals surface area contributed by atoms with E-state index in [1.165, 1.54) is 0 Å². The number of amides is 1. The Morgan fingerprint density at radius 1 is 1.56 bits per heavy atom. The van der Waals surface area contributed by atoms with Crippen LogP contribution >= 0.6 is 11.6 Å². The normalized spacial score (nSPS) is 9.94. The molecule has 0 heterocycles. The SMILES string of the molecule is COc1ccc(Cl)cc1CC(=O)NCCO. The second-order valence-corrected chi connectivity index (χ2v) is 3.64. The minimum Gasteiger partial charge on any atom is -0.496 e. The first-order valence-corrected chi connectivity index (χ1v) is 5.25. The van der Waals surface area contributed by atoms with Crippen molar-refractivity contribution >= 4 is 17.5 Å². The Labute approximate surface area is 99.2 Å². The summed E-state index contributed by atoms with van der Waals surface area (Å²) in [6.45, 7) is 0.181. The van der Waals surface area contributed by atoms with Gasteiger partial charge in [0.1, 0.15) is 5.75 Å². The van der Waals surface area contributed by atoms with Crippen LogP contribution in [0, 0.1) is 0 Å². The molecule has 1 aromatic rings. The summed E-state index contributed by atoms with van der Waals surface area (Å²) >= 11 is 5.83. The van der Waals surface area contributed by atoms with E-state index in [4.69, 9.17) is 21.4 Å². The van der Waals surface area contributed by atoms with Gasteiger partial charge in [-0.25, -0.2) is 0 Å². The molecule has 0 aliphatic carbocycles. The molecule has 5 heteroatoms. The number of ether oxygens (including phenoxy) is 1. The fourth-order valence-electron chi connectivity index (χ4n) is 1.32. The Balaban J connectivity index is 2.71. The van der Waals surface area contributed by atoms with Crippen molar-refractivity contribution in [2.45, 2.75) is 6.42 Å². The lowest BCUT2D eigenvalue weighted by Gasteiger charge is -2.08. The topological polar surface area (TPSA) is 58.6 Å². The molecule has 0 aliphatic heterocycles. The zero-order valence-corrected chi connectivity index (χ0v) is 9.75. The van der Waals surface area contributed by atoms with Gasteiger partial charge in [-0.1, -0.05) is 11.6 Å². The average molecular weight is 244 g/mol. The standard InChI is InChI=1S/C11H14ClNO3/c1-16-10-3-2-9(12)6-8(10)7-11(15)13-4-5-14/h2-3,6,14H,4-5,7H2,1H3,(H,13,15). The molecule has 0 radical (unpaired) electrons. The van der Waals surface area contributed by atoms with Crippen molar-refractivity contribution in [2.75, 3.05) is 20.3 Å². The van der Waals surface area contributed by atoms with E-state index >= 15 is 0 Å². The van der Waals surface area contributed by atoms with Crippen molar-refractivity contribution < 1.29 is 14.6 Å². The number of methoxy groups -OCH3 is 1. The molecular weight excluding hydrogens is 230 g/mol. The van der Waals surface area contributed by atoms with Crippen LogP contribution in [-0.4, -0.2) is 31.3 Å². The molecule has 0 aromatic heterocycles. The number of benzene rings is 1. The van der Waals surface area contributed by atoms with Crippen LogP contribution in [0.25, 0.3) is 0 Å². The predicted octanol–water partition coefficient (Wildman–Crippen LogP) is 1.000. The van der Waals surface area contributed by atoms with Gasteiger partial charge in [0.2, 0.25) is 5.91 Å². The van der Waals surface area contributed by atoms with Gasteiger partial charge in [0, 0.05) is 17.1 Å². The van der Waals surface area contributed by atoms with E-state index in [0.717, 1.165) is 5.56 Å². The van der Waals surface area contributed by atoms with Gasteiger partial charge in [0.15, 0.2) is 0 Å². The third kappa shape index (κ3) is 3.72. The molecule has 2 N–H and O–H groups in total. The highest BCUT2D eigenvalue weighted by molar-refractivity contribution is 6.30. The van der Waals surface area contributed by atoms with Crippen LogP contribution < -0.4 is 10.1 Å². The smallest absolute Gasteiger partial charge is 0.224 e. The second-order valence-electron chi connectivity index (χ2n) is 3.21. The number of hydrogen-bond donors (Lipinski definition) is 2. The molecule has 0 spiro atoms. The number of aliphatic hydroxyl groups is 1. The highest BCUT2D eigenvalue weighted by Gasteiger charge is 2.08. The van der Waals surface area contributed by atoms with Gasteiger partial charge in [-0.15, -0.1) is 0 Å². The van der Waals surface area contributed by atoms with E-state index < -0.39 is 0 Å². The van der Waals surface area contributed by atoms with E-state index in [0.29, 0.717) is 10.8 Å². The van der Waals surface area contributed by atoms with Crippen LogP contribution in [0.4, 0.5) is 0 Å². The fraction of sp³-hybridized carbons (Fsp3) is 0.364. The molecule has 0 bridgehead atoms. The maximum absolute atomic E-state index is 11.4. The molecule has 0 fully saturated rings. The third-order valence-corrected chi connectivity index (χ3v) is 2.26. The summed E-state index contributed by atoms with van der Waals surface area (Å²) < 4.78 is 5.12. The van der Waals surface area contributed by atoms with E-state index in [1.807, 2.05) is 0 Å². The van der Waals surface area contributed by atoms with Crippen LogP contribution in [0.15, 0.2) is 18.2 Å². The van der Waals surface area contributed by atoms with Crippen molar-refractivity contribution in [1.82, 2.24) is 5.32 Å². The molecule has 0 saturated heterocycles. The van der Waals surface area contributed by atoms with Crippen molar-refractivity contribution in [3.05, 3.63) is 28.8 Å². The van der Waals surface area contributed by atoms with Crippen molar-refractivity contribution in [1.29, 1.82) is 0 Å². The van der Waals surface area contributed by atoms with E-state index in [9.17, 15) is 4.79 Å². The Hall–Kier alpha value is -1.26. The molecule has 0 atom stereocenters. The van der Waals surface area contributed by atoms with Crippen LogP contribution in [0.2, 0.25) is 5.02 Å². The zero-order chi connectivity index (χ0) is 12.0. The zero-order valence-electron chi connectivity index (χ0n) is 9.00. The Morgan fingerprint density at radius 3 is 2.94 bits per heavy atom. The number of halogens is 1. The Bertz CT molecular complexity index is 368. The number of carbonyl (C=O) groups excluding carboxylic acids is 1. The van der Waals surface area contributed by atoms with Gasteiger partial charge in [0.05, 0.1) is 20.1 Å². The van der Waals surface area contributed by atoms with Crippen LogP contribution in [0.1, 0.15) is 5.56 Å². The van der Waals surface area contributed by atoms with E-state index in [1.54, 1.807) is 25.3 Å².